The predicted molar refractivity (Wildman–Crippen MR) is 83.1 cm³/mol. The van der Waals surface area contributed by atoms with E-state index in [1.54, 1.807) is 4.68 Å². The van der Waals surface area contributed by atoms with Crippen LogP contribution in [0.1, 0.15) is 16.8 Å². The van der Waals surface area contributed by atoms with Gasteiger partial charge in [-0.15, -0.1) is 12.4 Å². The Balaban J connectivity index is 0.00000156. The number of amides is 1. The van der Waals surface area contributed by atoms with E-state index in [1.165, 1.54) is 13.3 Å². The van der Waals surface area contributed by atoms with Gasteiger partial charge in [0.15, 0.2) is 5.60 Å². The van der Waals surface area contributed by atoms with E-state index in [0.717, 1.165) is 35.5 Å². The summed E-state index contributed by atoms with van der Waals surface area (Å²) in [5.41, 5.74) is 2.72. The maximum atomic E-state index is 12.2. The molecule has 2 aromatic heterocycles. The summed E-state index contributed by atoms with van der Waals surface area (Å²) in [6, 6.07) is 0. The van der Waals surface area contributed by atoms with Crippen molar-refractivity contribution in [1.82, 2.24) is 25.6 Å². The van der Waals surface area contributed by atoms with Crippen molar-refractivity contribution in [3.8, 4) is 11.4 Å². The summed E-state index contributed by atoms with van der Waals surface area (Å²) < 4.78 is 6.79. The van der Waals surface area contributed by atoms with Gasteiger partial charge in [0.1, 0.15) is 12.0 Å². The van der Waals surface area contributed by atoms with Crippen LogP contribution in [0.3, 0.4) is 0 Å². The third-order valence-corrected chi connectivity index (χ3v) is 4.39. The summed E-state index contributed by atoms with van der Waals surface area (Å²) in [5.74, 6) is -0.431. The fraction of sp³-hybridized carbons (Fsp3) is 0.500. The average Bonchev–Trinajstić information content (AvgIpc) is 3.07. The van der Waals surface area contributed by atoms with Crippen LogP contribution in [0.4, 0.5) is 0 Å². The van der Waals surface area contributed by atoms with Gasteiger partial charge in [0.2, 0.25) is 0 Å². The summed E-state index contributed by atoms with van der Waals surface area (Å²) in [6.07, 6.45) is 2.46. The number of aliphatic hydroxyl groups is 1. The SMILES string of the molecule is CNC(=O)C1(O)Cc2conc2-c2c3c(nn2C1)CCNC3.Cl. The average molecular weight is 340 g/mol. The highest BCUT2D eigenvalue weighted by Crippen LogP contribution is 2.35. The number of nitrogens with zero attached hydrogens (tertiary/aromatic N) is 3. The maximum absolute atomic E-state index is 12.2. The van der Waals surface area contributed by atoms with E-state index < -0.39 is 11.5 Å². The van der Waals surface area contributed by atoms with E-state index in [0.29, 0.717) is 12.2 Å². The second-order valence-electron chi connectivity index (χ2n) is 5.83. The molecule has 4 rings (SSSR count). The highest BCUT2D eigenvalue weighted by molar-refractivity contribution is 5.86. The number of carbonyl (C=O) groups excluding carboxylic acids is 1. The largest absolute Gasteiger partial charge is 0.378 e. The number of nitrogens with one attached hydrogen (secondary N) is 2. The monoisotopic (exact) mass is 339 g/mol. The molecule has 0 aromatic carbocycles. The van der Waals surface area contributed by atoms with Gasteiger partial charge < -0.3 is 20.3 Å². The molecule has 124 valence electrons. The Bertz CT molecular complexity index is 756. The lowest BCUT2D eigenvalue weighted by Crippen LogP contribution is -2.50. The summed E-state index contributed by atoms with van der Waals surface area (Å²) in [6.45, 7) is 1.68. The third kappa shape index (κ3) is 2.34. The quantitative estimate of drug-likeness (QED) is 0.655. The number of likely N-dealkylation sites (N-methyl/N-ethyl adjacent to an activating group) is 1. The maximum Gasteiger partial charge on any atom is 0.254 e. The number of hydrogen-bond acceptors (Lipinski definition) is 6. The lowest BCUT2D eigenvalue weighted by Gasteiger charge is -2.24. The lowest BCUT2D eigenvalue weighted by molar-refractivity contribution is -0.140. The summed E-state index contributed by atoms with van der Waals surface area (Å²) in [4.78, 5) is 12.2. The lowest BCUT2D eigenvalue weighted by atomic mass is 9.94. The zero-order chi connectivity index (χ0) is 15.3. The molecule has 3 N–H and O–H groups in total. The van der Waals surface area contributed by atoms with Crippen LogP contribution in [0.2, 0.25) is 0 Å². The number of aromatic nitrogens is 3. The molecule has 9 heteroatoms. The van der Waals surface area contributed by atoms with Crippen molar-refractivity contribution >= 4 is 18.3 Å². The van der Waals surface area contributed by atoms with Gasteiger partial charge in [-0.05, 0) is 0 Å². The minimum Gasteiger partial charge on any atom is -0.378 e. The van der Waals surface area contributed by atoms with Gasteiger partial charge in [0.05, 0.1) is 17.9 Å². The molecule has 0 radical (unpaired) electrons. The Hall–Kier alpha value is -1.90. The van der Waals surface area contributed by atoms with Crippen LogP contribution >= 0.6 is 12.4 Å². The molecular formula is C14H18ClN5O3. The van der Waals surface area contributed by atoms with Crippen molar-refractivity contribution in [3.63, 3.8) is 0 Å². The van der Waals surface area contributed by atoms with Crippen LogP contribution in [0, 0.1) is 0 Å². The molecule has 0 saturated heterocycles. The molecule has 8 nitrogen and oxygen atoms in total. The second kappa shape index (κ2) is 5.63. The molecule has 2 aliphatic heterocycles. The van der Waals surface area contributed by atoms with Gasteiger partial charge in [-0.25, -0.2) is 0 Å². The van der Waals surface area contributed by atoms with Crippen molar-refractivity contribution in [2.45, 2.75) is 31.5 Å². The zero-order valence-corrected chi connectivity index (χ0v) is 13.4. The predicted octanol–water partition coefficient (Wildman–Crippen LogP) is -0.361. The molecule has 2 aromatic rings. The first-order valence-electron chi connectivity index (χ1n) is 7.30. The first-order chi connectivity index (χ1) is 10.6. The molecule has 1 unspecified atom stereocenters. The molecule has 0 bridgehead atoms. The van der Waals surface area contributed by atoms with Crippen LogP contribution in [-0.4, -0.2) is 45.1 Å². The van der Waals surface area contributed by atoms with Gasteiger partial charge in [0, 0.05) is 44.1 Å². The van der Waals surface area contributed by atoms with E-state index in [1.807, 2.05) is 0 Å². The van der Waals surface area contributed by atoms with Gasteiger partial charge >= 0.3 is 0 Å². The molecule has 0 fully saturated rings. The Morgan fingerprint density at radius 1 is 1.57 bits per heavy atom. The number of hydrogen-bond donors (Lipinski definition) is 3. The van der Waals surface area contributed by atoms with Crippen molar-refractivity contribution in [2.24, 2.45) is 0 Å². The van der Waals surface area contributed by atoms with E-state index in [2.05, 4.69) is 20.9 Å². The van der Waals surface area contributed by atoms with Crippen LogP contribution < -0.4 is 10.6 Å². The Labute approximate surface area is 138 Å². The molecule has 0 aliphatic carbocycles. The molecule has 0 spiro atoms. The van der Waals surface area contributed by atoms with Crippen molar-refractivity contribution in [3.05, 3.63) is 23.1 Å². The molecule has 2 aliphatic rings. The van der Waals surface area contributed by atoms with Gasteiger partial charge in [-0.1, -0.05) is 5.16 Å². The summed E-state index contributed by atoms with van der Waals surface area (Å²) in [7, 11) is 1.51. The van der Waals surface area contributed by atoms with Crippen LogP contribution in [0.5, 0.6) is 0 Å². The Morgan fingerprint density at radius 2 is 2.39 bits per heavy atom. The highest BCUT2D eigenvalue weighted by atomic mass is 35.5. The molecule has 1 atom stereocenters. The Kier molecular flexibility index (Phi) is 3.91. The minimum atomic E-state index is -1.57. The Morgan fingerprint density at radius 3 is 3.17 bits per heavy atom. The fourth-order valence-corrected chi connectivity index (χ4v) is 3.32. The van der Waals surface area contributed by atoms with Crippen LogP contribution in [0.25, 0.3) is 11.4 Å². The highest BCUT2D eigenvalue weighted by Gasteiger charge is 2.42. The van der Waals surface area contributed by atoms with E-state index in [4.69, 9.17) is 4.52 Å². The van der Waals surface area contributed by atoms with Gasteiger partial charge in [0.25, 0.3) is 5.91 Å². The molecule has 4 heterocycles. The second-order valence-corrected chi connectivity index (χ2v) is 5.83. The van der Waals surface area contributed by atoms with Gasteiger partial charge in [-0.2, -0.15) is 5.10 Å². The topological polar surface area (TPSA) is 105 Å². The van der Waals surface area contributed by atoms with Crippen LogP contribution in [0.15, 0.2) is 10.8 Å². The first-order valence-corrected chi connectivity index (χ1v) is 7.30. The minimum absolute atomic E-state index is 0. The van der Waals surface area contributed by atoms with Crippen molar-refractivity contribution in [1.29, 1.82) is 0 Å². The smallest absolute Gasteiger partial charge is 0.254 e. The molecule has 1 amide bonds. The van der Waals surface area contributed by atoms with Gasteiger partial charge in [-0.3, -0.25) is 9.48 Å². The number of fused-ring (bicyclic) bond motifs is 5. The summed E-state index contributed by atoms with van der Waals surface area (Å²) >= 11 is 0. The number of halogens is 1. The normalized spacial score (nSPS) is 22.2. The van der Waals surface area contributed by atoms with E-state index >= 15 is 0 Å². The number of rotatable bonds is 1. The van der Waals surface area contributed by atoms with Crippen LogP contribution in [-0.2, 0) is 30.7 Å². The molecule has 23 heavy (non-hydrogen) atoms. The number of carbonyl (C=O) groups is 1. The third-order valence-electron chi connectivity index (χ3n) is 4.39. The standard InChI is InChI=1S/C14H17N5O3.ClH/c1-15-13(20)14(21)4-8-6-22-18-11(8)12-9-5-16-3-2-10(9)17-19(12)7-14;/h6,16,21H,2-5,7H2,1H3,(H,15,20);1H. The summed E-state index contributed by atoms with van der Waals surface area (Å²) in [5, 5.41) is 25.4. The van der Waals surface area contributed by atoms with Crippen molar-refractivity contribution < 1.29 is 14.4 Å². The molecule has 0 saturated carbocycles. The van der Waals surface area contributed by atoms with E-state index in [9.17, 15) is 9.90 Å². The molecular weight excluding hydrogens is 322 g/mol. The van der Waals surface area contributed by atoms with E-state index in [-0.39, 0.29) is 25.4 Å². The fourth-order valence-electron chi connectivity index (χ4n) is 3.32. The first kappa shape index (κ1) is 16.0. The zero-order valence-electron chi connectivity index (χ0n) is 12.6. The van der Waals surface area contributed by atoms with Crippen molar-refractivity contribution in [2.75, 3.05) is 13.6 Å².